The van der Waals surface area contributed by atoms with Crippen molar-refractivity contribution in [2.24, 2.45) is 5.10 Å². The number of benzene rings is 2. The Morgan fingerprint density at radius 2 is 1.69 bits per heavy atom. The van der Waals surface area contributed by atoms with Gasteiger partial charge in [0.25, 0.3) is 0 Å². The SMILES string of the molecule is CCOc1ccc(/C=N\NC(=O)CCC(=O)Nc2ccc(F)cc2)cc1. The summed E-state index contributed by atoms with van der Waals surface area (Å²) in [7, 11) is 0. The first-order valence-electron chi connectivity index (χ1n) is 8.17. The zero-order valence-corrected chi connectivity index (χ0v) is 14.4. The van der Waals surface area contributed by atoms with Gasteiger partial charge in [0.2, 0.25) is 11.8 Å². The molecule has 0 radical (unpaired) electrons. The number of carbonyl (C=O) groups excluding carboxylic acids is 2. The van der Waals surface area contributed by atoms with E-state index in [0.29, 0.717) is 12.3 Å². The largest absolute Gasteiger partial charge is 0.494 e. The van der Waals surface area contributed by atoms with Crippen molar-refractivity contribution in [2.45, 2.75) is 19.8 Å². The summed E-state index contributed by atoms with van der Waals surface area (Å²) in [5.41, 5.74) is 3.65. The molecule has 0 aliphatic heterocycles. The van der Waals surface area contributed by atoms with Crippen molar-refractivity contribution in [3.05, 3.63) is 59.9 Å². The standard InChI is InChI=1S/C19H20FN3O3/c1-2-26-17-9-3-14(4-10-17)13-21-23-19(25)12-11-18(24)22-16-7-5-15(20)6-8-16/h3-10,13H,2,11-12H2,1H3,(H,22,24)(H,23,25)/b21-13-. The highest BCUT2D eigenvalue weighted by Gasteiger charge is 2.06. The number of nitrogens with zero attached hydrogens (tertiary/aromatic N) is 1. The number of nitrogens with one attached hydrogen (secondary N) is 2. The van der Waals surface area contributed by atoms with Gasteiger partial charge in [0.15, 0.2) is 0 Å². The van der Waals surface area contributed by atoms with Gasteiger partial charge in [-0.15, -0.1) is 0 Å². The van der Waals surface area contributed by atoms with Crippen LogP contribution in [-0.2, 0) is 9.59 Å². The van der Waals surface area contributed by atoms with Gasteiger partial charge in [-0.05, 0) is 61.0 Å². The van der Waals surface area contributed by atoms with Crippen LogP contribution in [0.2, 0.25) is 0 Å². The van der Waals surface area contributed by atoms with E-state index in [0.717, 1.165) is 11.3 Å². The first-order chi connectivity index (χ1) is 12.6. The molecule has 0 bridgehead atoms. The van der Waals surface area contributed by atoms with Crippen LogP contribution in [0, 0.1) is 5.82 Å². The van der Waals surface area contributed by atoms with Gasteiger partial charge in [-0.3, -0.25) is 9.59 Å². The predicted molar refractivity (Wildman–Crippen MR) is 97.6 cm³/mol. The maximum absolute atomic E-state index is 12.8. The minimum absolute atomic E-state index is 0.00177. The number of ether oxygens (including phenoxy) is 1. The average Bonchev–Trinajstić information content (AvgIpc) is 2.64. The zero-order chi connectivity index (χ0) is 18.8. The highest BCUT2D eigenvalue weighted by Crippen LogP contribution is 2.11. The summed E-state index contributed by atoms with van der Waals surface area (Å²) in [6.07, 6.45) is 1.50. The van der Waals surface area contributed by atoms with E-state index in [1.165, 1.54) is 30.5 Å². The third-order valence-electron chi connectivity index (χ3n) is 3.30. The Bertz CT molecular complexity index is 759. The number of hydrogen-bond acceptors (Lipinski definition) is 4. The Hall–Kier alpha value is -3.22. The van der Waals surface area contributed by atoms with Gasteiger partial charge in [-0.1, -0.05) is 0 Å². The highest BCUT2D eigenvalue weighted by atomic mass is 19.1. The van der Waals surface area contributed by atoms with Crippen LogP contribution in [0.3, 0.4) is 0 Å². The van der Waals surface area contributed by atoms with Crippen molar-refractivity contribution < 1.29 is 18.7 Å². The van der Waals surface area contributed by atoms with E-state index < -0.39 is 0 Å². The number of hydrazone groups is 1. The molecule has 0 aliphatic rings. The number of rotatable bonds is 8. The molecule has 26 heavy (non-hydrogen) atoms. The molecule has 7 heteroatoms. The quantitative estimate of drug-likeness (QED) is 0.563. The highest BCUT2D eigenvalue weighted by molar-refractivity contribution is 5.93. The second-order valence-corrected chi connectivity index (χ2v) is 5.35. The van der Waals surface area contributed by atoms with E-state index in [9.17, 15) is 14.0 Å². The molecule has 0 spiro atoms. The van der Waals surface area contributed by atoms with Gasteiger partial charge in [-0.25, -0.2) is 9.82 Å². The van der Waals surface area contributed by atoms with Crippen LogP contribution in [0.4, 0.5) is 10.1 Å². The molecular formula is C19H20FN3O3. The second kappa shape index (κ2) is 9.93. The monoisotopic (exact) mass is 357 g/mol. The van der Waals surface area contributed by atoms with Crippen LogP contribution in [0.15, 0.2) is 53.6 Å². The molecule has 0 aliphatic carbocycles. The molecule has 0 saturated carbocycles. The summed E-state index contributed by atoms with van der Waals surface area (Å²) in [5, 5.41) is 6.44. The Kier molecular flexibility index (Phi) is 7.30. The molecule has 2 aromatic carbocycles. The number of carbonyl (C=O) groups is 2. The summed E-state index contributed by atoms with van der Waals surface area (Å²) >= 11 is 0. The van der Waals surface area contributed by atoms with Gasteiger partial charge in [0, 0.05) is 18.5 Å². The summed E-state index contributed by atoms with van der Waals surface area (Å²) in [6.45, 7) is 2.50. The minimum Gasteiger partial charge on any atom is -0.494 e. The van der Waals surface area contributed by atoms with Crippen molar-refractivity contribution in [1.29, 1.82) is 0 Å². The van der Waals surface area contributed by atoms with Crippen LogP contribution < -0.4 is 15.5 Å². The second-order valence-electron chi connectivity index (χ2n) is 5.35. The summed E-state index contributed by atoms with van der Waals surface area (Å²) < 4.78 is 18.1. The van der Waals surface area contributed by atoms with E-state index in [4.69, 9.17) is 4.74 Å². The van der Waals surface area contributed by atoms with Gasteiger partial charge in [0.1, 0.15) is 11.6 Å². The van der Waals surface area contributed by atoms with Crippen LogP contribution in [0.1, 0.15) is 25.3 Å². The third kappa shape index (κ3) is 6.72. The van der Waals surface area contributed by atoms with Crippen molar-refractivity contribution in [2.75, 3.05) is 11.9 Å². The van der Waals surface area contributed by atoms with Crippen LogP contribution in [0.25, 0.3) is 0 Å². The molecule has 0 unspecified atom stereocenters. The fourth-order valence-corrected chi connectivity index (χ4v) is 2.04. The third-order valence-corrected chi connectivity index (χ3v) is 3.30. The Morgan fingerprint density at radius 1 is 1.04 bits per heavy atom. The lowest BCUT2D eigenvalue weighted by Crippen LogP contribution is -2.20. The molecule has 2 N–H and O–H groups in total. The Morgan fingerprint density at radius 3 is 2.35 bits per heavy atom. The summed E-state index contributed by atoms with van der Waals surface area (Å²) in [4.78, 5) is 23.4. The summed E-state index contributed by atoms with van der Waals surface area (Å²) in [6, 6.07) is 12.7. The Balaban J connectivity index is 1.70. The average molecular weight is 357 g/mol. The molecule has 6 nitrogen and oxygen atoms in total. The molecule has 2 aromatic rings. The molecule has 2 rings (SSSR count). The van der Waals surface area contributed by atoms with E-state index in [-0.39, 0.29) is 30.5 Å². The first-order valence-corrected chi connectivity index (χ1v) is 8.17. The maximum Gasteiger partial charge on any atom is 0.240 e. The molecule has 0 saturated heterocycles. The fraction of sp³-hybridized carbons (Fsp3) is 0.211. The normalized spacial score (nSPS) is 10.5. The van der Waals surface area contributed by atoms with E-state index >= 15 is 0 Å². The smallest absolute Gasteiger partial charge is 0.240 e. The van der Waals surface area contributed by atoms with Crippen LogP contribution in [0.5, 0.6) is 5.75 Å². The minimum atomic E-state index is -0.382. The van der Waals surface area contributed by atoms with Crippen molar-refractivity contribution in [1.82, 2.24) is 5.43 Å². The number of anilines is 1. The molecule has 0 fully saturated rings. The molecule has 0 aromatic heterocycles. The number of amides is 2. The number of halogens is 1. The molecular weight excluding hydrogens is 337 g/mol. The van der Waals surface area contributed by atoms with Crippen molar-refractivity contribution in [3.63, 3.8) is 0 Å². The van der Waals surface area contributed by atoms with Gasteiger partial charge in [-0.2, -0.15) is 5.10 Å². The fourth-order valence-electron chi connectivity index (χ4n) is 2.04. The van der Waals surface area contributed by atoms with Crippen LogP contribution in [-0.4, -0.2) is 24.6 Å². The molecule has 2 amide bonds. The lowest BCUT2D eigenvalue weighted by molar-refractivity contribution is -0.124. The van der Waals surface area contributed by atoms with Crippen LogP contribution >= 0.6 is 0 Å². The van der Waals surface area contributed by atoms with Gasteiger partial charge < -0.3 is 10.1 Å². The van der Waals surface area contributed by atoms with Crippen molar-refractivity contribution in [3.8, 4) is 5.75 Å². The molecule has 136 valence electrons. The number of hydrogen-bond donors (Lipinski definition) is 2. The maximum atomic E-state index is 12.8. The van der Waals surface area contributed by atoms with E-state index in [1.807, 2.05) is 31.2 Å². The zero-order valence-electron chi connectivity index (χ0n) is 14.4. The van der Waals surface area contributed by atoms with E-state index in [1.54, 1.807) is 0 Å². The van der Waals surface area contributed by atoms with Crippen molar-refractivity contribution >= 4 is 23.7 Å². The summed E-state index contributed by atoms with van der Waals surface area (Å²) in [5.74, 6) is -0.322. The lowest BCUT2D eigenvalue weighted by atomic mass is 10.2. The van der Waals surface area contributed by atoms with Gasteiger partial charge in [0.05, 0.1) is 12.8 Å². The molecule has 0 atom stereocenters. The van der Waals surface area contributed by atoms with Gasteiger partial charge >= 0.3 is 0 Å². The topological polar surface area (TPSA) is 79.8 Å². The lowest BCUT2D eigenvalue weighted by Gasteiger charge is -2.04. The first kappa shape index (κ1) is 19.1. The molecule has 0 heterocycles. The predicted octanol–water partition coefficient (Wildman–Crippen LogP) is 3.09. The Labute approximate surface area is 151 Å². The van der Waals surface area contributed by atoms with E-state index in [2.05, 4.69) is 15.8 Å².